The lowest BCUT2D eigenvalue weighted by molar-refractivity contribution is -0.0619. The molecule has 5 nitrogen and oxygen atoms in total. The monoisotopic (exact) mass is 241 g/mol. The van der Waals surface area contributed by atoms with Gasteiger partial charge in [-0.2, -0.15) is 0 Å². The second kappa shape index (κ2) is 4.69. The molecule has 0 aromatic carbocycles. The molecule has 0 fully saturated rings. The van der Waals surface area contributed by atoms with Crippen molar-refractivity contribution < 1.29 is 19.4 Å². The van der Waals surface area contributed by atoms with E-state index >= 15 is 0 Å². The topological polar surface area (TPSA) is 59.0 Å². The SMILES string of the molecule is C=CCOC(=O)N1C(C)=C(O)O[C@@H]1C(C)(C)C. The van der Waals surface area contributed by atoms with Gasteiger partial charge in [0.15, 0.2) is 6.23 Å². The quantitative estimate of drug-likeness (QED) is 0.755. The van der Waals surface area contributed by atoms with E-state index in [4.69, 9.17) is 9.47 Å². The zero-order chi connectivity index (χ0) is 13.2. The molecule has 96 valence electrons. The van der Waals surface area contributed by atoms with Gasteiger partial charge in [-0.1, -0.05) is 33.4 Å². The molecule has 0 aromatic heterocycles. The van der Waals surface area contributed by atoms with Crippen LogP contribution in [0.5, 0.6) is 0 Å². The molecule has 0 bridgehead atoms. The highest BCUT2D eigenvalue weighted by atomic mass is 16.6. The van der Waals surface area contributed by atoms with Crippen LogP contribution in [0.1, 0.15) is 27.7 Å². The van der Waals surface area contributed by atoms with E-state index in [-0.39, 0.29) is 18.0 Å². The van der Waals surface area contributed by atoms with Gasteiger partial charge in [0, 0.05) is 5.41 Å². The van der Waals surface area contributed by atoms with E-state index in [1.165, 1.54) is 11.0 Å². The third-order valence-electron chi connectivity index (χ3n) is 2.39. The van der Waals surface area contributed by atoms with E-state index in [1.807, 2.05) is 20.8 Å². The molecule has 17 heavy (non-hydrogen) atoms. The largest absolute Gasteiger partial charge is 0.480 e. The predicted molar refractivity (Wildman–Crippen MR) is 63.0 cm³/mol. The van der Waals surface area contributed by atoms with E-state index in [0.717, 1.165) is 0 Å². The summed E-state index contributed by atoms with van der Waals surface area (Å²) in [6.45, 7) is 10.9. The van der Waals surface area contributed by atoms with Crippen LogP contribution in [0.3, 0.4) is 0 Å². The van der Waals surface area contributed by atoms with Crippen LogP contribution < -0.4 is 0 Å². The minimum absolute atomic E-state index is 0.125. The van der Waals surface area contributed by atoms with Crippen LogP contribution in [0, 0.1) is 5.41 Å². The van der Waals surface area contributed by atoms with Crippen molar-refractivity contribution in [2.75, 3.05) is 6.61 Å². The number of hydrogen-bond acceptors (Lipinski definition) is 4. The number of aliphatic hydroxyl groups excluding tert-OH is 1. The molecule has 1 amide bonds. The number of hydrogen-bond donors (Lipinski definition) is 1. The van der Waals surface area contributed by atoms with Crippen molar-refractivity contribution in [1.82, 2.24) is 4.90 Å². The molecule has 0 spiro atoms. The molecule has 1 aliphatic rings. The number of carbonyl (C=O) groups is 1. The van der Waals surface area contributed by atoms with Gasteiger partial charge in [-0.3, -0.25) is 0 Å². The van der Waals surface area contributed by atoms with Crippen molar-refractivity contribution in [2.24, 2.45) is 5.41 Å². The molecule has 0 aliphatic carbocycles. The molecular formula is C12H19NO4. The molecule has 0 saturated heterocycles. The van der Waals surface area contributed by atoms with Crippen molar-refractivity contribution >= 4 is 6.09 Å². The van der Waals surface area contributed by atoms with Crippen LogP contribution in [-0.4, -0.2) is 28.9 Å². The number of carbonyl (C=O) groups excluding carboxylic acids is 1. The van der Waals surface area contributed by atoms with Crippen molar-refractivity contribution in [3.63, 3.8) is 0 Å². The smallest absolute Gasteiger partial charge is 0.417 e. The van der Waals surface area contributed by atoms with Crippen LogP contribution in [0.25, 0.3) is 0 Å². The molecule has 1 N–H and O–H groups in total. The summed E-state index contributed by atoms with van der Waals surface area (Å²) in [5.74, 6) is -0.236. The van der Waals surface area contributed by atoms with Crippen LogP contribution in [0.4, 0.5) is 4.79 Å². The Balaban J connectivity index is 2.90. The number of allylic oxidation sites excluding steroid dienone is 1. The average Bonchev–Trinajstić information content (AvgIpc) is 2.52. The Morgan fingerprint density at radius 1 is 1.65 bits per heavy atom. The molecule has 1 heterocycles. The van der Waals surface area contributed by atoms with Gasteiger partial charge in [-0.25, -0.2) is 9.69 Å². The summed E-state index contributed by atoms with van der Waals surface area (Å²) in [7, 11) is 0. The van der Waals surface area contributed by atoms with Crippen molar-refractivity contribution in [2.45, 2.75) is 33.9 Å². The van der Waals surface area contributed by atoms with Gasteiger partial charge in [0.05, 0.1) is 0 Å². The number of ether oxygens (including phenoxy) is 2. The van der Waals surface area contributed by atoms with E-state index in [2.05, 4.69) is 6.58 Å². The number of nitrogens with zero attached hydrogens (tertiary/aromatic N) is 1. The third kappa shape index (κ3) is 2.72. The van der Waals surface area contributed by atoms with E-state index < -0.39 is 12.3 Å². The number of rotatable bonds is 2. The first kappa shape index (κ1) is 13.4. The molecule has 1 atom stereocenters. The summed E-state index contributed by atoms with van der Waals surface area (Å²) in [5.41, 5.74) is 0.0258. The van der Waals surface area contributed by atoms with Gasteiger partial charge >= 0.3 is 6.09 Å². The predicted octanol–water partition coefficient (Wildman–Crippen LogP) is 2.76. The highest BCUT2D eigenvalue weighted by molar-refractivity contribution is 5.71. The van der Waals surface area contributed by atoms with Crippen LogP contribution in [0.15, 0.2) is 24.3 Å². The van der Waals surface area contributed by atoms with Crippen molar-refractivity contribution in [3.8, 4) is 0 Å². The fraction of sp³-hybridized carbons (Fsp3) is 0.583. The number of amides is 1. The summed E-state index contributed by atoms with van der Waals surface area (Å²) in [6.07, 6.45) is 0.367. The minimum Gasteiger partial charge on any atom is -0.480 e. The summed E-state index contributed by atoms with van der Waals surface area (Å²) >= 11 is 0. The van der Waals surface area contributed by atoms with Gasteiger partial charge in [0.2, 0.25) is 0 Å². The molecule has 1 aliphatic heterocycles. The Hall–Kier alpha value is -1.65. The molecule has 0 aromatic rings. The van der Waals surface area contributed by atoms with Gasteiger partial charge in [0.25, 0.3) is 5.95 Å². The van der Waals surface area contributed by atoms with Gasteiger partial charge in [0.1, 0.15) is 12.3 Å². The summed E-state index contributed by atoms with van der Waals surface area (Å²) in [5, 5.41) is 9.56. The van der Waals surface area contributed by atoms with Crippen molar-refractivity contribution in [1.29, 1.82) is 0 Å². The summed E-state index contributed by atoms with van der Waals surface area (Å²) in [4.78, 5) is 13.2. The zero-order valence-electron chi connectivity index (χ0n) is 10.7. The first-order valence-electron chi connectivity index (χ1n) is 5.42. The van der Waals surface area contributed by atoms with Gasteiger partial charge in [-0.05, 0) is 6.92 Å². The Morgan fingerprint density at radius 3 is 2.71 bits per heavy atom. The Labute approximate surface area is 101 Å². The Bertz CT molecular complexity index is 354. The van der Waals surface area contributed by atoms with E-state index in [0.29, 0.717) is 5.70 Å². The van der Waals surface area contributed by atoms with E-state index in [1.54, 1.807) is 6.92 Å². The highest BCUT2D eigenvalue weighted by Gasteiger charge is 2.43. The van der Waals surface area contributed by atoms with Crippen LogP contribution in [-0.2, 0) is 9.47 Å². The average molecular weight is 241 g/mol. The molecular weight excluding hydrogens is 222 g/mol. The maximum atomic E-state index is 11.8. The second-order valence-electron chi connectivity index (χ2n) is 4.96. The lowest BCUT2D eigenvalue weighted by atomic mass is 9.93. The molecule has 0 unspecified atom stereocenters. The normalized spacial score (nSPS) is 20.2. The lowest BCUT2D eigenvalue weighted by Crippen LogP contribution is -2.44. The summed E-state index contributed by atoms with van der Waals surface area (Å²) < 4.78 is 10.2. The second-order valence-corrected chi connectivity index (χ2v) is 4.96. The molecule has 0 saturated carbocycles. The zero-order valence-corrected chi connectivity index (χ0v) is 10.7. The van der Waals surface area contributed by atoms with Crippen LogP contribution in [0.2, 0.25) is 0 Å². The fourth-order valence-corrected chi connectivity index (χ4v) is 1.52. The standard InChI is InChI=1S/C12H19NO4/c1-6-7-16-11(15)13-8(2)9(14)17-10(13)12(3,4)5/h6,10,14H,1,7H2,2-5H3/t10-/m1/s1. The van der Waals surface area contributed by atoms with Crippen LogP contribution >= 0.6 is 0 Å². The van der Waals surface area contributed by atoms with E-state index in [9.17, 15) is 9.90 Å². The van der Waals surface area contributed by atoms with Gasteiger partial charge < -0.3 is 14.6 Å². The first-order chi connectivity index (χ1) is 7.79. The summed E-state index contributed by atoms with van der Waals surface area (Å²) in [6, 6.07) is 0. The maximum absolute atomic E-state index is 11.8. The Kier molecular flexibility index (Phi) is 3.70. The molecule has 0 radical (unpaired) electrons. The van der Waals surface area contributed by atoms with Crippen molar-refractivity contribution in [3.05, 3.63) is 24.3 Å². The Morgan fingerprint density at radius 2 is 2.24 bits per heavy atom. The lowest BCUT2D eigenvalue weighted by Gasteiger charge is -2.32. The number of aliphatic hydroxyl groups is 1. The van der Waals surface area contributed by atoms with Gasteiger partial charge in [-0.15, -0.1) is 0 Å². The molecule has 5 heteroatoms. The third-order valence-corrected chi connectivity index (χ3v) is 2.39. The minimum atomic E-state index is -0.570. The fourth-order valence-electron chi connectivity index (χ4n) is 1.52. The first-order valence-corrected chi connectivity index (χ1v) is 5.42. The maximum Gasteiger partial charge on any atom is 0.417 e. The molecule has 1 rings (SSSR count). The highest BCUT2D eigenvalue weighted by Crippen LogP contribution is 2.35.